The van der Waals surface area contributed by atoms with Gasteiger partial charge in [-0.1, -0.05) is 0 Å². The summed E-state index contributed by atoms with van der Waals surface area (Å²) < 4.78 is 0. The van der Waals surface area contributed by atoms with Gasteiger partial charge in [0.1, 0.15) is 0 Å². The summed E-state index contributed by atoms with van der Waals surface area (Å²) in [4.78, 5) is 13.4. The Morgan fingerprint density at radius 1 is 1.50 bits per heavy atom. The molecule has 0 spiro atoms. The molecule has 1 aliphatic rings. The molecule has 0 saturated carbocycles. The third-order valence-corrected chi connectivity index (χ3v) is 2.11. The predicted molar refractivity (Wildman–Crippen MR) is 38.2 cm³/mol. The van der Waals surface area contributed by atoms with Crippen molar-refractivity contribution >= 4 is 6.29 Å². The summed E-state index contributed by atoms with van der Waals surface area (Å²) in [7, 11) is 0. The fraction of sp³-hybridized carbons (Fsp3) is 0.375. The summed E-state index contributed by atoms with van der Waals surface area (Å²) in [5.74, 6) is 0. The molecular formula is C8H9NO. The van der Waals surface area contributed by atoms with Gasteiger partial charge in [-0.05, 0) is 30.4 Å². The fourth-order valence-electron chi connectivity index (χ4n) is 1.59. The van der Waals surface area contributed by atoms with Crippen LogP contribution in [0.25, 0.3) is 0 Å². The Labute approximate surface area is 59.3 Å². The summed E-state index contributed by atoms with van der Waals surface area (Å²) >= 11 is 0. The second-order valence-corrected chi connectivity index (χ2v) is 2.68. The van der Waals surface area contributed by atoms with E-state index in [4.69, 9.17) is 0 Å². The second kappa shape index (κ2) is 1.97. The van der Waals surface area contributed by atoms with Gasteiger partial charge in [-0.3, -0.25) is 4.79 Å². The van der Waals surface area contributed by atoms with Crippen LogP contribution in [0, 0.1) is 0 Å². The number of hydrogen-bond acceptors (Lipinski definition) is 1. The normalized spacial score (nSPS) is 15.2. The fourth-order valence-corrected chi connectivity index (χ4v) is 1.59. The number of rotatable bonds is 1. The first kappa shape index (κ1) is 5.71. The molecule has 1 N–H and O–H groups in total. The largest absolute Gasteiger partial charge is 0.359 e. The minimum atomic E-state index is 0.785. The van der Waals surface area contributed by atoms with Crippen molar-refractivity contribution in [3.63, 3.8) is 0 Å². The highest BCUT2D eigenvalue weighted by atomic mass is 16.1. The standard InChI is InChI=1S/C8H9NO/c10-5-8-7-3-1-2-6(7)4-9-8/h4-5,9H,1-3H2. The molecule has 10 heavy (non-hydrogen) atoms. The highest BCUT2D eigenvalue weighted by molar-refractivity contribution is 5.75. The molecule has 1 aromatic rings. The van der Waals surface area contributed by atoms with Gasteiger partial charge in [0.15, 0.2) is 6.29 Å². The maximum atomic E-state index is 10.4. The number of aromatic amines is 1. The lowest BCUT2D eigenvalue weighted by molar-refractivity contribution is 0.111. The Morgan fingerprint density at radius 2 is 2.40 bits per heavy atom. The Kier molecular flexibility index (Phi) is 1.13. The van der Waals surface area contributed by atoms with Crippen molar-refractivity contribution in [3.05, 3.63) is 23.0 Å². The zero-order chi connectivity index (χ0) is 6.97. The van der Waals surface area contributed by atoms with E-state index in [1.165, 1.54) is 17.5 Å². The van der Waals surface area contributed by atoms with Crippen LogP contribution >= 0.6 is 0 Å². The first-order valence-electron chi connectivity index (χ1n) is 3.56. The van der Waals surface area contributed by atoms with Crippen LogP contribution in [-0.4, -0.2) is 11.3 Å². The Morgan fingerprint density at radius 3 is 3.20 bits per heavy atom. The minimum Gasteiger partial charge on any atom is -0.359 e. The molecule has 0 bridgehead atoms. The molecule has 0 aromatic carbocycles. The van der Waals surface area contributed by atoms with Crippen molar-refractivity contribution in [1.82, 2.24) is 4.98 Å². The van der Waals surface area contributed by atoms with Crippen molar-refractivity contribution in [1.29, 1.82) is 0 Å². The Balaban J connectivity index is 2.53. The van der Waals surface area contributed by atoms with Gasteiger partial charge in [0.25, 0.3) is 0 Å². The van der Waals surface area contributed by atoms with E-state index in [0.29, 0.717) is 0 Å². The third-order valence-electron chi connectivity index (χ3n) is 2.11. The SMILES string of the molecule is O=Cc1[nH]cc2c1CCC2. The Bertz CT molecular complexity index is 262. The molecule has 0 fully saturated rings. The van der Waals surface area contributed by atoms with Crippen LogP contribution in [-0.2, 0) is 12.8 Å². The van der Waals surface area contributed by atoms with E-state index in [0.717, 1.165) is 24.8 Å². The predicted octanol–water partition coefficient (Wildman–Crippen LogP) is 1.32. The molecule has 2 rings (SSSR count). The van der Waals surface area contributed by atoms with E-state index in [1.807, 2.05) is 6.20 Å². The van der Waals surface area contributed by atoms with E-state index in [1.54, 1.807) is 0 Å². The quantitative estimate of drug-likeness (QED) is 0.579. The molecule has 0 radical (unpaired) electrons. The average Bonchev–Trinajstić information content (AvgIpc) is 2.44. The number of aromatic nitrogens is 1. The molecule has 0 unspecified atom stereocenters. The smallest absolute Gasteiger partial charge is 0.166 e. The number of H-pyrrole nitrogens is 1. The molecule has 2 heteroatoms. The number of carbonyl (C=O) groups is 1. The lowest BCUT2D eigenvalue weighted by atomic mass is 10.2. The third kappa shape index (κ3) is 0.618. The van der Waals surface area contributed by atoms with Crippen LogP contribution in [0.1, 0.15) is 28.0 Å². The van der Waals surface area contributed by atoms with Gasteiger partial charge < -0.3 is 4.98 Å². The van der Waals surface area contributed by atoms with Gasteiger partial charge in [0.2, 0.25) is 0 Å². The zero-order valence-electron chi connectivity index (χ0n) is 5.68. The average molecular weight is 135 g/mol. The topological polar surface area (TPSA) is 32.9 Å². The first-order chi connectivity index (χ1) is 4.92. The molecule has 1 aliphatic carbocycles. The van der Waals surface area contributed by atoms with Gasteiger partial charge in [0.05, 0.1) is 5.69 Å². The molecular weight excluding hydrogens is 126 g/mol. The number of fused-ring (bicyclic) bond motifs is 1. The highest BCUT2D eigenvalue weighted by Crippen LogP contribution is 2.23. The van der Waals surface area contributed by atoms with E-state index >= 15 is 0 Å². The summed E-state index contributed by atoms with van der Waals surface area (Å²) in [6.07, 6.45) is 6.28. The van der Waals surface area contributed by atoms with Crippen LogP contribution < -0.4 is 0 Å². The molecule has 0 amide bonds. The maximum Gasteiger partial charge on any atom is 0.166 e. The molecule has 0 aliphatic heterocycles. The number of aldehydes is 1. The highest BCUT2D eigenvalue weighted by Gasteiger charge is 2.15. The number of aryl methyl sites for hydroxylation is 1. The molecule has 52 valence electrons. The maximum absolute atomic E-state index is 10.4. The summed E-state index contributed by atoms with van der Waals surface area (Å²) in [5, 5.41) is 0. The Hall–Kier alpha value is -1.05. The first-order valence-corrected chi connectivity index (χ1v) is 3.56. The lowest BCUT2D eigenvalue weighted by Crippen LogP contribution is -1.84. The minimum absolute atomic E-state index is 0.785. The van der Waals surface area contributed by atoms with Gasteiger partial charge in [-0.15, -0.1) is 0 Å². The van der Waals surface area contributed by atoms with E-state index in [-0.39, 0.29) is 0 Å². The summed E-state index contributed by atoms with van der Waals surface area (Å²) in [5.41, 5.74) is 3.37. The molecule has 0 saturated heterocycles. The van der Waals surface area contributed by atoms with Crippen LogP contribution in [0.3, 0.4) is 0 Å². The zero-order valence-corrected chi connectivity index (χ0v) is 5.68. The van der Waals surface area contributed by atoms with Crippen LogP contribution in [0.5, 0.6) is 0 Å². The van der Waals surface area contributed by atoms with Crippen LogP contribution in [0.15, 0.2) is 6.20 Å². The molecule has 2 nitrogen and oxygen atoms in total. The van der Waals surface area contributed by atoms with Crippen molar-refractivity contribution in [2.45, 2.75) is 19.3 Å². The van der Waals surface area contributed by atoms with Gasteiger partial charge in [-0.2, -0.15) is 0 Å². The van der Waals surface area contributed by atoms with Crippen molar-refractivity contribution in [2.24, 2.45) is 0 Å². The number of hydrogen-bond donors (Lipinski definition) is 1. The molecule has 1 aromatic heterocycles. The number of carbonyl (C=O) groups excluding carboxylic acids is 1. The van der Waals surface area contributed by atoms with Gasteiger partial charge in [-0.25, -0.2) is 0 Å². The van der Waals surface area contributed by atoms with E-state index < -0.39 is 0 Å². The van der Waals surface area contributed by atoms with Crippen LogP contribution in [0.4, 0.5) is 0 Å². The number of nitrogens with one attached hydrogen (secondary N) is 1. The lowest BCUT2D eigenvalue weighted by Gasteiger charge is -1.87. The van der Waals surface area contributed by atoms with Gasteiger partial charge in [0, 0.05) is 6.20 Å². The van der Waals surface area contributed by atoms with Crippen molar-refractivity contribution < 1.29 is 4.79 Å². The second-order valence-electron chi connectivity index (χ2n) is 2.68. The van der Waals surface area contributed by atoms with Crippen molar-refractivity contribution in [3.8, 4) is 0 Å². The summed E-state index contributed by atoms with van der Waals surface area (Å²) in [6, 6.07) is 0. The molecule has 1 heterocycles. The van der Waals surface area contributed by atoms with Crippen LogP contribution in [0.2, 0.25) is 0 Å². The molecule has 0 atom stereocenters. The van der Waals surface area contributed by atoms with Crippen molar-refractivity contribution in [2.75, 3.05) is 0 Å². The monoisotopic (exact) mass is 135 g/mol. The van der Waals surface area contributed by atoms with E-state index in [2.05, 4.69) is 4.98 Å². The van der Waals surface area contributed by atoms with Gasteiger partial charge >= 0.3 is 0 Å². The summed E-state index contributed by atoms with van der Waals surface area (Å²) in [6.45, 7) is 0. The van der Waals surface area contributed by atoms with E-state index in [9.17, 15) is 4.79 Å².